The number of carbonyl (C=O) groups excluding carboxylic acids is 1. The van der Waals surface area contributed by atoms with Gasteiger partial charge >= 0.3 is 47.6 Å². The van der Waals surface area contributed by atoms with Crippen LogP contribution in [0.4, 0.5) is 70.2 Å². The Morgan fingerprint density at radius 3 is 1.23 bits per heavy atom. The van der Waals surface area contributed by atoms with Gasteiger partial charge in [-0.15, -0.1) is 0 Å². The Bertz CT molecular complexity index is 637. The molecule has 0 aliphatic heterocycles. The Hall–Kier alpha value is -1.44. The van der Waals surface area contributed by atoms with Gasteiger partial charge in [-0.2, -0.15) is 65.9 Å². The van der Waals surface area contributed by atoms with E-state index >= 15 is 0 Å². The monoisotopic (exact) mass is 511 g/mol. The highest BCUT2D eigenvalue weighted by atomic mass is 35.5. The molecule has 2 unspecified atom stereocenters. The molecule has 0 aromatic heterocycles. The summed E-state index contributed by atoms with van der Waals surface area (Å²) in [5, 5.41) is 2.70. The van der Waals surface area contributed by atoms with E-state index in [-0.39, 0.29) is 0 Å². The minimum atomic E-state index is -8.05. The van der Waals surface area contributed by atoms with Crippen LogP contribution in [0.25, 0.3) is 0 Å². The van der Waals surface area contributed by atoms with Gasteiger partial charge in [0, 0.05) is 0 Å². The third-order valence-electron chi connectivity index (χ3n) is 2.68. The molecular formula is C9ClF16O4-. The summed E-state index contributed by atoms with van der Waals surface area (Å²) in [6, 6.07) is 0. The highest BCUT2D eigenvalue weighted by Gasteiger charge is 2.89. The zero-order valence-corrected chi connectivity index (χ0v) is 13.3. The van der Waals surface area contributed by atoms with Crippen LogP contribution in [0.1, 0.15) is 0 Å². The summed E-state index contributed by atoms with van der Waals surface area (Å²) in [4.78, 5) is 9.75. The molecule has 0 heterocycles. The molecule has 0 radical (unpaired) electrons. The number of aliphatic carboxylic acids is 1. The lowest BCUT2D eigenvalue weighted by Gasteiger charge is -2.42. The van der Waals surface area contributed by atoms with Crippen LogP contribution in [0.5, 0.6) is 0 Å². The van der Waals surface area contributed by atoms with Crippen molar-refractivity contribution in [2.75, 3.05) is 0 Å². The molecule has 0 aliphatic rings. The van der Waals surface area contributed by atoms with E-state index in [4.69, 9.17) is 0 Å². The summed E-state index contributed by atoms with van der Waals surface area (Å²) in [5.74, 6) is -12.2. The highest BCUT2D eigenvalue weighted by molar-refractivity contribution is 6.22. The number of hydrogen-bond donors (Lipinski definition) is 0. The molecule has 30 heavy (non-hydrogen) atoms. The Morgan fingerprint density at radius 1 is 0.633 bits per heavy atom. The van der Waals surface area contributed by atoms with Gasteiger partial charge in [-0.1, -0.05) is 0 Å². The number of carboxylic acid groups (broad SMARTS) is 1. The van der Waals surface area contributed by atoms with E-state index in [1.807, 2.05) is 0 Å². The first kappa shape index (κ1) is 28.6. The van der Waals surface area contributed by atoms with Crippen molar-refractivity contribution in [1.29, 1.82) is 0 Å². The lowest BCUT2D eigenvalue weighted by atomic mass is 10.0. The van der Waals surface area contributed by atoms with E-state index in [2.05, 4.69) is 11.6 Å². The van der Waals surface area contributed by atoms with Gasteiger partial charge in [-0.3, -0.25) is 4.74 Å². The van der Waals surface area contributed by atoms with Crippen molar-refractivity contribution in [3.63, 3.8) is 0 Å². The minimum Gasteiger partial charge on any atom is -0.542 e. The smallest absolute Gasteiger partial charge is 0.458 e. The van der Waals surface area contributed by atoms with Gasteiger partial charge in [0.1, 0.15) is 5.97 Å². The summed E-state index contributed by atoms with van der Waals surface area (Å²) in [5.41, 5.74) is -7.88. The Morgan fingerprint density at radius 2 is 1.00 bits per heavy atom. The van der Waals surface area contributed by atoms with Crippen molar-refractivity contribution in [1.82, 2.24) is 0 Å². The van der Waals surface area contributed by atoms with Crippen LogP contribution < -0.4 is 5.11 Å². The number of ether oxygens (including phenoxy) is 2. The number of carboxylic acids is 1. The van der Waals surface area contributed by atoms with Gasteiger partial charge in [0.2, 0.25) is 0 Å². The van der Waals surface area contributed by atoms with Crippen LogP contribution >= 0.6 is 11.6 Å². The summed E-state index contributed by atoms with van der Waals surface area (Å²) in [6.07, 6.45) is -38.1. The number of rotatable bonds is 8. The van der Waals surface area contributed by atoms with Crippen molar-refractivity contribution >= 4 is 17.6 Å². The normalized spacial score (nSPS) is 19.2. The first-order valence-corrected chi connectivity index (χ1v) is 6.32. The van der Waals surface area contributed by atoms with Gasteiger partial charge in [-0.25, -0.2) is 9.13 Å². The van der Waals surface area contributed by atoms with Crippen molar-refractivity contribution in [2.45, 2.75) is 47.6 Å². The minimum absolute atomic E-state index is 1.29. The molecule has 21 heteroatoms. The van der Waals surface area contributed by atoms with E-state index in [1.54, 1.807) is 0 Å². The molecule has 2 atom stereocenters. The predicted molar refractivity (Wildman–Crippen MR) is 52.6 cm³/mol. The highest BCUT2D eigenvalue weighted by Crippen LogP contribution is 2.60. The van der Waals surface area contributed by atoms with Crippen LogP contribution in [0.15, 0.2) is 0 Å². The molecule has 0 amide bonds. The van der Waals surface area contributed by atoms with Crippen molar-refractivity contribution in [2.24, 2.45) is 0 Å². The summed E-state index contributed by atoms with van der Waals surface area (Å²) in [6.45, 7) is 0. The number of alkyl halides is 17. The van der Waals surface area contributed by atoms with Gasteiger partial charge in [0.15, 0.2) is 0 Å². The standard InChI is InChI=1S/C9HClF16O4/c10-5(15,16)3(13,6(17,18)19)8(23,24)30-4(14,7(20,21)22)9(25,26)29-2(11,12)1(27)28/h(H,27,28)/p-1. The lowest BCUT2D eigenvalue weighted by molar-refractivity contribution is -0.546. The molecule has 4 nitrogen and oxygen atoms in total. The fourth-order valence-corrected chi connectivity index (χ4v) is 1.51. The van der Waals surface area contributed by atoms with E-state index < -0.39 is 53.6 Å². The van der Waals surface area contributed by atoms with E-state index in [0.29, 0.717) is 0 Å². The van der Waals surface area contributed by atoms with Crippen LogP contribution in [-0.2, 0) is 14.3 Å². The zero-order chi connectivity index (χ0) is 25.0. The SMILES string of the molecule is O=C([O-])C(F)(F)OC(F)(F)C(F)(OC(F)(F)C(F)(C(F)(F)F)C(F)(F)Cl)C(F)(F)F. The van der Waals surface area contributed by atoms with Crippen LogP contribution in [0.3, 0.4) is 0 Å². The molecule has 0 aromatic carbocycles. The molecule has 180 valence electrons. The molecule has 0 bridgehead atoms. The molecule has 0 saturated carbocycles. The Labute approximate surface area is 156 Å². The van der Waals surface area contributed by atoms with Gasteiger partial charge in [0.05, 0.1) is 0 Å². The maximum Gasteiger partial charge on any atom is 0.458 e. The summed E-state index contributed by atoms with van der Waals surface area (Å²) >= 11 is 3.40. The average molecular weight is 512 g/mol. The quantitative estimate of drug-likeness (QED) is 0.367. The van der Waals surface area contributed by atoms with Crippen molar-refractivity contribution < 1.29 is 89.6 Å². The van der Waals surface area contributed by atoms with Crippen LogP contribution in [0, 0.1) is 0 Å². The van der Waals surface area contributed by atoms with E-state index in [1.165, 1.54) is 9.47 Å². The number of carbonyl (C=O) groups is 1. The second-order valence-corrected chi connectivity index (χ2v) is 5.26. The van der Waals surface area contributed by atoms with Crippen LogP contribution in [-0.4, -0.2) is 53.6 Å². The molecule has 0 fully saturated rings. The maximum atomic E-state index is 13.6. The second-order valence-electron chi connectivity index (χ2n) is 4.79. The van der Waals surface area contributed by atoms with Crippen molar-refractivity contribution in [3.8, 4) is 0 Å². The summed E-state index contributed by atoms with van der Waals surface area (Å²) < 4.78 is 207. The number of halogens is 17. The third kappa shape index (κ3) is 4.58. The first-order valence-electron chi connectivity index (χ1n) is 5.94. The Kier molecular flexibility index (Phi) is 6.96. The first-order chi connectivity index (χ1) is 12.6. The Balaban J connectivity index is 6.74. The van der Waals surface area contributed by atoms with Crippen LogP contribution in [0.2, 0.25) is 0 Å². The van der Waals surface area contributed by atoms with Gasteiger partial charge < -0.3 is 9.90 Å². The second kappa shape index (κ2) is 7.31. The number of hydrogen-bond acceptors (Lipinski definition) is 4. The predicted octanol–water partition coefficient (Wildman–Crippen LogP) is 3.88. The fraction of sp³-hybridized carbons (Fsp3) is 0.889. The topological polar surface area (TPSA) is 58.6 Å². The maximum absolute atomic E-state index is 13.6. The zero-order valence-electron chi connectivity index (χ0n) is 12.6. The van der Waals surface area contributed by atoms with E-state index in [9.17, 15) is 80.1 Å². The molecule has 0 spiro atoms. The van der Waals surface area contributed by atoms with Crippen molar-refractivity contribution in [3.05, 3.63) is 0 Å². The molecule has 0 aromatic rings. The third-order valence-corrected chi connectivity index (χ3v) is 2.94. The molecule has 0 rings (SSSR count). The largest absolute Gasteiger partial charge is 0.542 e. The summed E-state index contributed by atoms with van der Waals surface area (Å²) in [7, 11) is 0. The van der Waals surface area contributed by atoms with Gasteiger partial charge in [-0.05, 0) is 11.6 Å². The lowest BCUT2D eigenvalue weighted by Crippen LogP contribution is -2.71. The fourth-order valence-electron chi connectivity index (χ4n) is 1.29. The molecule has 0 aliphatic carbocycles. The van der Waals surface area contributed by atoms with Gasteiger partial charge in [0.25, 0.3) is 0 Å². The average Bonchev–Trinajstić information content (AvgIpc) is 2.40. The molecular weight excluding hydrogens is 512 g/mol. The van der Waals surface area contributed by atoms with E-state index in [0.717, 1.165) is 0 Å². The molecule has 0 N–H and O–H groups in total. The molecule has 0 saturated heterocycles.